The van der Waals surface area contributed by atoms with Crippen molar-refractivity contribution < 1.29 is 18.7 Å². The van der Waals surface area contributed by atoms with E-state index in [0.717, 1.165) is 0 Å². The number of methoxy groups -OCH3 is 1. The molecule has 2 aromatic carbocycles. The van der Waals surface area contributed by atoms with Crippen LogP contribution < -0.4 is 20.5 Å². The Kier molecular flexibility index (Phi) is 6.57. The monoisotopic (exact) mass is 459 g/mol. The molecule has 0 bridgehead atoms. The van der Waals surface area contributed by atoms with Crippen LogP contribution in [0.4, 0.5) is 15.9 Å². The lowest BCUT2D eigenvalue weighted by Crippen LogP contribution is -2.44. The topological polar surface area (TPSA) is 103 Å². The molecule has 168 valence electrons. The van der Waals surface area contributed by atoms with Gasteiger partial charge in [0.25, 0.3) is 0 Å². The predicted molar refractivity (Wildman–Crippen MR) is 120 cm³/mol. The first-order valence-corrected chi connectivity index (χ1v) is 10.6. The van der Waals surface area contributed by atoms with Gasteiger partial charge in [0.15, 0.2) is 11.5 Å². The molecule has 1 saturated heterocycles. The van der Waals surface area contributed by atoms with Crippen molar-refractivity contribution in [1.29, 1.82) is 0 Å². The van der Waals surface area contributed by atoms with Crippen molar-refractivity contribution in [2.24, 2.45) is 5.73 Å². The number of carbonyl (C=O) groups excluding carboxylic acids is 1. The summed E-state index contributed by atoms with van der Waals surface area (Å²) in [6.07, 6.45) is 2.74. The minimum absolute atomic E-state index is 0.0125. The van der Waals surface area contributed by atoms with Crippen LogP contribution >= 0.6 is 11.6 Å². The number of hydrogen-bond acceptors (Lipinski definition) is 7. The van der Waals surface area contributed by atoms with Gasteiger partial charge >= 0.3 is 0 Å². The minimum Gasteiger partial charge on any atom is -0.493 e. The highest BCUT2D eigenvalue weighted by Crippen LogP contribution is 2.36. The minimum atomic E-state index is -0.496. The Morgan fingerprint density at radius 1 is 1.25 bits per heavy atom. The van der Waals surface area contributed by atoms with Gasteiger partial charge in [-0.15, -0.1) is 0 Å². The second-order valence-corrected chi connectivity index (χ2v) is 7.81. The molecule has 3 aromatic rings. The molecule has 4 rings (SSSR count). The molecule has 1 aliphatic heterocycles. The Morgan fingerprint density at radius 3 is 2.72 bits per heavy atom. The molecule has 0 saturated carbocycles. The molecule has 0 aliphatic carbocycles. The van der Waals surface area contributed by atoms with Gasteiger partial charge in [-0.3, -0.25) is 4.79 Å². The summed E-state index contributed by atoms with van der Waals surface area (Å²) in [5.41, 5.74) is 6.70. The molecule has 1 aliphatic rings. The quantitative estimate of drug-likeness (QED) is 0.581. The van der Waals surface area contributed by atoms with Gasteiger partial charge in [-0.05, 0) is 24.3 Å². The molecule has 8 nitrogen and oxygen atoms in total. The Hall–Kier alpha value is -3.17. The third-order valence-electron chi connectivity index (χ3n) is 5.37. The number of hydrogen-bond donors (Lipinski definition) is 2. The molecule has 1 aromatic heterocycles. The predicted octanol–water partition coefficient (Wildman–Crippen LogP) is 3.50. The Morgan fingerprint density at radius 2 is 2.03 bits per heavy atom. The molecule has 0 unspecified atom stereocenters. The summed E-state index contributed by atoms with van der Waals surface area (Å²) in [6.45, 7) is 1.20. The van der Waals surface area contributed by atoms with E-state index in [0.29, 0.717) is 59.8 Å². The van der Waals surface area contributed by atoms with Gasteiger partial charge in [-0.2, -0.15) is 0 Å². The normalized spacial score (nSPS) is 14.4. The summed E-state index contributed by atoms with van der Waals surface area (Å²) in [6, 6.07) is 7.95. The van der Waals surface area contributed by atoms with Crippen molar-refractivity contribution in [2.45, 2.75) is 18.9 Å². The Labute approximate surface area is 189 Å². The van der Waals surface area contributed by atoms with Crippen molar-refractivity contribution in [2.75, 3.05) is 32.1 Å². The van der Waals surface area contributed by atoms with Crippen molar-refractivity contribution in [3.05, 3.63) is 47.5 Å². The number of anilines is 2. The molecule has 0 radical (unpaired) electrons. The van der Waals surface area contributed by atoms with Gasteiger partial charge < -0.3 is 25.4 Å². The zero-order valence-electron chi connectivity index (χ0n) is 17.5. The zero-order chi connectivity index (χ0) is 22.7. The molecular weight excluding hydrogens is 437 g/mol. The number of nitrogens with zero attached hydrogens (tertiary/aromatic N) is 3. The number of nitrogens with one attached hydrogen (secondary N) is 1. The van der Waals surface area contributed by atoms with Crippen LogP contribution in [-0.4, -0.2) is 53.6 Å². The van der Waals surface area contributed by atoms with E-state index >= 15 is 0 Å². The van der Waals surface area contributed by atoms with Gasteiger partial charge in [0.05, 0.1) is 24.2 Å². The highest BCUT2D eigenvalue weighted by atomic mass is 35.5. The average Bonchev–Trinajstić information content (AvgIpc) is 2.81. The summed E-state index contributed by atoms with van der Waals surface area (Å²) < 4.78 is 25.2. The maximum atomic E-state index is 13.5. The zero-order valence-corrected chi connectivity index (χ0v) is 18.2. The largest absolute Gasteiger partial charge is 0.493 e. The summed E-state index contributed by atoms with van der Waals surface area (Å²) in [7, 11) is 1.57. The first-order chi connectivity index (χ1) is 15.5. The maximum Gasteiger partial charge on any atom is 0.236 e. The smallest absolute Gasteiger partial charge is 0.236 e. The molecule has 0 spiro atoms. The van der Waals surface area contributed by atoms with Crippen molar-refractivity contribution in [3.8, 4) is 11.5 Å². The highest BCUT2D eigenvalue weighted by Gasteiger charge is 2.24. The lowest BCUT2D eigenvalue weighted by Gasteiger charge is -2.32. The van der Waals surface area contributed by atoms with E-state index in [1.165, 1.54) is 18.5 Å². The van der Waals surface area contributed by atoms with Crippen LogP contribution in [0.25, 0.3) is 10.9 Å². The van der Waals surface area contributed by atoms with Gasteiger partial charge in [0.2, 0.25) is 5.91 Å². The van der Waals surface area contributed by atoms with Gasteiger partial charge in [-0.25, -0.2) is 14.4 Å². The van der Waals surface area contributed by atoms with Crippen molar-refractivity contribution in [1.82, 2.24) is 14.9 Å². The van der Waals surface area contributed by atoms with E-state index in [-0.39, 0.29) is 23.6 Å². The van der Waals surface area contributed by atoms with Gasteiger partial charge in [0, 0.05) is 43.1 Å². The molecule has 0 atom stereocenters. The fourth-order valence-corrected chi connectivity index (χ4v) is 3.84. The first-order valence-electron chi connectivity index (χ1n) is 10.2. The van der Waals surface area contributed by atoms with E-state index in [1.54, 1.807) is 24.1 Å². The van der Waals surface area contributed by atoms with Gasteiger partial charge in [-0.1, -0.05) is 11.6 Å². The first kappa shape index (κ1) is 22.0. The van der Waals surface area contributed by atoms with Gasteiger partial charge in [0.1, 0.15) is 24.1 Å². The molecule has 3 N–H and O–H groups in total. The number of likely N-dealkylation sites (tertiary alicyclic amines) is 1. The Bertz CT molecular complexity index is 1140. The number of piperidine rings is 1. The number of aromatic nitrogens is 2. The number of benzene rings is 2. The summed E-state index contributed by atoms with van der Waals surface area (Å²) in [5.74, 6) is 1.07. The maximum absolute atomic E-state index is 13.5. The fraction of sp³-hybridized carbons (Fsp3) is 0.318. The molecule has 2 heterocycles. The summed E-state index contributed by atoms with van der Waals surface area (Å²) in [4.78, 5) is 22.2. The standard InChI is InChI=1S/C22H23ClFN5O3/c1-31-19-10-18-15(9-20(19)32-14-4-6-29(7-5-14)21(30)11-25)22(27-12-26-18)28-13-2-3-17(24)16(23)8-13/h2-3,8-10,12,14H,4-7,11,25H2,1H3,(H,26,27,28). The third-order valence-corrected chi connectivity index (χ3v) is 5.66. The van der Waals surface area contributed by atoms with E-state index in [9.17, 15) is 9.18 Å². The number of amides is 1. The number of carbonyl (C=O) groups is 1. The van der Waals surface area contributed by atoms with Crippen LogP contribution in [-0.2, 0) is 4.79 Å². The van der Waals surface area contributed by atoms with Crippen molar-refractivity contribution >= 4 is 39.9 Å². The Balaban J connectivity index is 1.59. The number of fused-ring (bicyclic) bond motifs is 1. The molecular formula is C22H23ClFN5O3. The van der Waals surface area contributed by atoms with E-state index in [1.807, 2.05) is 6.07 Å². The molecule has 1 fully saturated rings. The van der Waals surface area contributed by atoms with E-state index in [4.69, 9.17) is 26.8 Å². The molecule has 10 heteroatoms. The lowest BCUT2D eigenvalue weighted by molar-refractivity contribution is -0.131. The SMILES string of the molecule is COc1cc2ncnc(Nc3ccc(F)c(Cl)c3)c2cc1OC1CCN(C(=O)CN)CC1. The molecule has 32 heavy (non-hydrogen) atoms. The van der Waals surface area contributed by atoms with E-state index < -0.39 is 5.82 Å². The fourth-order valence-electron chi connectivity index (χ4n) is 3.66. The summed E-state index contributed by atoms with van der Waals surface area (Å²) >= 11 is 5.89. The number of halogens is 2. The summed E-state index contributed by atoms with van der Waals surface area (Å²) in [5, 5.41) is 3.87. The van der Waals surface area contributed by atoms with Crippen LogP contribution in [0.15, 0.2) is 36.7 Å². The lowest BCUT2D eigenvalue weighted by atomic mass is 10.1. The third kappa shape index (κ3) is 4.68. The number of nitrogens with two attached hydrogens (primary N) is 1. The van der Waals surface area contributed by atoms with E-state index in [2.05, 4.69) is 15.3 Å². The van der Waals surface area contributed by atoms with Crippen LogP contribution in [0, 0.1) is 5.82 Å². The number of ether oxygens (including phenoxy) is 2. The second kappa shape index (κ2) is 9.54. The van der Waals surface area contributed by atoms with Crippen LogP contribution in [0.5, 0.6) is 11.5 Å². The van der Waals surface area contributed by atoms with Crippen LogP contribution in [0.3, 0.4) is 0 Å². The molecule has 1 amide bonds. The van der Waals surface area contributed by atoms with Crippen LogP contribution in [0.2, 0.25) is 5.02 Å². The second-order valence-electron chi connectivity index (χ2n) is 7.40. The average molecular weight is 460 g/mol. The number of rotatable bonds is 6. The highest BCUT2D eigenvalue weighted by molar-refractivity contribution is 6.31. The van der Waals surface area contributed by atoms with Crippen molar-refractivity contribution in [3.63, 3.8) is 0 Å². The van der Waals surface area contributed by atoms with Crippen LogP contribution in [0.1, 0.15) is 12.8 Å².